The summed E-state index contributed by atoms with van der Waals surface area (Å²) < 4.78 is 10.2. The van der Waals surface area contributed by atoms with Crippen LogP contribution in [0.5, 0.6) is 5.75 Å². The number of rotatable bonds is 6. The molecule has 5 nitrogen and oxygen atoms in total. The Morgan fingerprint density at radius 1 is 1.12 bits per heavy atom. The Morgan fingerprint density at radius 2 is 1.76 bits per heavy atom. The molecule has 0 radical (unpaired) electrons. The lowest BCUT2D eigenvalue weighted by atomic mass is 10.0. The number of nitrogens with zero attached hydrogens (tertiary/aromatic N) is 1. The van der Waals surface area contributed by atoms with Gasteiger partial charge < -0.3 is 14.4 Å². The van der Waals surface area contributed by atoms with E-state index in [0.29, 0.717) is 17.9 Å². The van der Waals surface area contributed by atoms with E-state index in [4.69, 9.17) is 9.47 Å². The highest BCUT2D eigenvalue weighted by molar-refractivity contribution is 5.97. The Balaban J connectivity index is 2.28. The number of hydrogen-bond acceptors (Lipinski definition) is 4. The zero-order valence-corrected chi connectivity index (χ0v) is 15.5. The maximum Gasteiger partial charge on any atom is 0.310 e. The van der Waals surface area contributed by atoms with E-state index in [1.807, 2.05) is 24.0 Å². The summed E-state index contributed by atoms with van der Waals surface area (Å²) in [4.78, 5) is 27.0. The molecular weight excluding hydrogens is 318 g/mol. The molecule has 1 aromatic rings. The smallest absolute Gasteiger partial charge is 0.310 e. The van der Waals surface area contributed by atoms with Crippen LogP contribution in [0.4, 0.5) is 0 Å². The fourth-order valence-electron chi connectivity index (χ4n) is 3.51. The molecule has 0 saturated heterocycles. The van der Waals surface area contributed by atoms with Crippen LogP contribution in [0.25, 0.3) is 0 Å². The molecule has 0 aliphatic heterocycles. The molecule has 0 spiro atoms. The van der Waals surface area contributed by atoms with Crippen molar-refractivity contribution in [2.24, 2.45) is 5.92 Å². The van der Waals surface area contributed by atoms with Crippen molar-refractivity contribution in [2.75, 3.05) is 20.8 Å². The molecule has 5 heteroatoms. The van der Waals surface area contributed by atoms with E-state index in [0.717, 1.165) is 25.7 Å². The second-order valence-corrected chi connectivity index (χ2v) is 6.73. The fourth-order valence-corrected chi connectivity index (χ4v) is 3.51. The molecule has 1 unspecified atom stereocenters. The normalized spacial score (nSPS) is 16.6. The Morgan fingerprint density at radius 3 is 2.36 bits per heavy atom. The highest BCUT2D eigenvalue weighted by Crippen LogP contribution is 2.27. The molecule has 1 aromatic carbocycles. The van der Waals surface area contributed by atoms with Crippen LogP contribution in [0, 0.1) is 5.92 Å². The van der Waals surface area contributed by atoms with Gasteiger partial charge in [0.2, 0.25) is 0 Å². The molecule has 1 amide bonds. The fraction of sp³-hybridized carbons (Fsp3) is 0.600. The Hall–Kier alpha value is -2.04. The van der Waals surface area contributed by atoms with E-state index in [2.05, 4.69) is 0 Å². The van der Waals surface area contributed by atoms with Crippen LogP contribution in [-0.2, 0) is 9.53 Å². The van der Waals surface area contributed by atoms with Crippen LogP contribution in [0.1, 0.15) is 55.8 Å². The minimum Gasteiger partial charge on any atom is -0.496 e. The molecule has 0 N–H and O–H groups in total. The first-order valence-corrected chi connectivity index (χ1v) is 9.10. The topological polar surface area (TPSA) is 55.8 Å². The number of ether oxygens (including phenoxy) is 2. The standard InChI is InChI=1S/C20H29NO4/c1-15(20(23)25-3)14-21(16-10-6-4-5-7-11-16)19(22)17-12-8-9-13-18(17)24-2/h8-9,12-13,15-16H,4-7,10-11,14H2,1-3H3. The largest absolute Gasteiger partial charge is 0.496 e. The van der Waals surface area contributed by atoms with Crippen molar-refractivity contribution in [3.8, 4) is 5.75 Å². The predicted octanol–water partition coefficient (Wildman–Crippen LogP) is 3.67. The van der Waals surface area contributed by atoms with Crippen LogP contribution in [-0.4, -0.2) is 43.6 Å². The summed E-state index contributed by atoms with van der Waals surface area (Å²) in [5, 5.41) is 0. The van der Waals surface area contributed by atoms with Crippen molar-refractivity contribution in [3.63, 3.8) is 0 Å². The number of hydrogen-bond donors (Lipinski definition) is 0. The van der Waals surface area contributed by atoms with Gasteiger partial charge in [-0.15, -0.1) is 0 Å². The second kappa shape index (κ2) is 9.44. The van der Waals surface area contributed by atoms with Crippen molar-refractivity contribution in [3.05, 3.63) is 29.8 Å². The summed E-state index contributed by atoms with van der Waals surface area (Å²) >= 11 is 0. The van der Waals surface area contributed by atoms with Gasteiger partial charge in [-0.1, -0.05) is 44.7 Å². The third kappa shape index (κ3) is 4.97. The number of carbonyl (C=O) groups excluding carboxylic acids is 2. The molecule has 2 rings (SSSR count). The average Bonchev–Trinajstić information content (AvgIpc) is 2.93. The SMILES string of the molecule is COC(=O)C(C)CN(C(=O)c1ccccc1OC)C1CCCCCC1. The second-order valence-electron chi connectivity index (χ2n) is 6.73. The minimum atomic E-state index is -0.355. The number of amides is 1. The van der Waals surface area contributed by atoms with E-state index in [1.54, 1.807) is 19.2 Å². The highest BCUT2D eigenvalue weighted by Gasteiger charge is 2.30. The first kappa shape index (κ1) is 19.3. The molecule has 0 aromatic heterocycles. The first-order chi connectivity index (χ1) is 12.1. The van der Waals surface area contributed by atoms with Gasteiger partial charge in [-0.25, -0.2) is 0 Å². The molecule has 138 valence electrons. The monoisotopic (exact) mass is 347 g/mol. The molecule has 1 aliphatic carbocycles. The van der Waals surface area contributed by atoms with Crippen LogP contribution < -0.4 is 4.74 Å². The maximum atomic E-state index is 13.3. The van der Waals surface area contributed by atoms with E-state index in [9.17, 15) is 9.59 Å². The predicted molar refractivity (Wildman–Crippen MR) is 96.7 cm³/mol. The average molecular weight is 347 g/mol. The number of benzene rings is 1. The molecule has 1 atom stereocenters. The van der Waals surface area contributed by atoms with E-state index in [1.165, 1.54) is 20.0 Å². The van der Waals surface area contributed by atoms with Crippen molar-refractivity contribution in [2.45, 2.75) is 51.5 Å². The highest BCUT2D eigenvalue weighted by atomic mass is 16.5. The van der Waals surface area contributed by atoms with E-state index < -0.39 is 0 Å². The Labute approximate surface area is 150 Å². The molecule has 0 bridgehead atoms. The van der Waals surface area contributed by atoms with Gasteiger partial charge in [-0.2, -0.15) is 0 Å². The summed E-state index contributed by atoms with van der Waals surface area (Å²) in [6, 6.07) is 7.43. The van der Waals surface area contributed by atoms with Crippen LogP contribution in [0.2, 0.25) is 0 Å². The lowest BCUT2D eigenvalue weighted by Crippen LogP contribution is -2.44. The van der Waals surface area contributed by atoms with Gasteiger partial charge >= 0.3 is 5.97 Å². The zero-order chi connectivity index (χ0) is 18.2. The molecule has 1 fully saturated rings. The Bertz CT molecular complexity index is 579. The molecule has 0 heterocycles. The van der Waals surface area contributed by atoms with E-state index in [-0.39, 0.29) is 23.8 Å². The van der Waals surface area contributed by atoms with Crippen LogP contribution >= 0.6 is 0 Å². The third-order valence-electron chi connectivity index (χ3n) is 4.94. The Kier molecular flexibility index (Phi) is 7.29. The molecule has 1 saturated carbocycles. The van der Waals surface area contributed by atoms with Crippen molar-refractivity contribution in [1.82, 2.24) is 4.90 Å². The number of esters is 1. The summed E-state index contributed by atoms with van der Waals surface area (Å²) in [6.45, 7) is 2.18. The van der Waals surface area contributed by atoms with Crippen molar-refractivity contribution >= 4 is 11.9 Å². The van der Waals surface area contributed by atoms with Gasteiger partial charge in [0.05, 0.1) is 25.7 Å². The summed E-state index contributed by atoms with van der Waals surface area (Å²) in [7, 11) is 2.95. The lowest BCUT2D eigenvalue weighted by molar-refractivity contribution is -0.145. The molecule has 1 aliphatic rings. The maximum absolute atomic E-state index is 13.3. The van der Waals surface area contributed by atoms with Crippen LogP contribution in [0.15, 0.2) is 24.3 Å². The quantitative estimate of drug-likeness (QED) is 0.582. The van der Waals surface area contributed by atoms with Gasteiger partial charge in [-0.05, 0) is 25.0 Å². The zero-order valence-electron chi connectivity index (χ0n) is 15.5. The first-order valence-electron chi connectivity index (χ1n) is 9.10. The van der Waals surface area contributed by atoms with Gasteiger partial charge in [0.25, 0.3) is 5.91 Å². The molecule has 25 heavy (non-hydrogen) atoms. The summed E-state index contributed by atoms with van der Waals surface area (Å²) in [5.41, 5.74) is 0.548. The number of carbonyl (C=O) groups is 2. The van der Waals surface area contributed by atoms with Gasteiger partial charge in [0, 0.05) is 12.6 Å². The minimum absolute atomic E-state index is 0.0693. The van der Waals surface area contributed by atoms with Gasteiger partial charge in [-0.3, -0.25) is 9.59 Å². The lowest BCUT2D eigenvalue weighted by Gasteiger charge is -2.33. The third-order valence-corrected chi connectivity index (χ3v) is 4.94. The van der Waals surface area contributed by atoms with Gasteiger partial charge in [0.15, 0.2) is 0 Å². The van der Waals surface area contributed by atoms with E-state index >= 15 is 0 Å². The van der Waals surface area contributed by atoms with Crippen molar-refractivity contribution in [1.29, 1.82) is 0 Å². The summed E-state index contributed by atoms with van der Waals surface area (Å²) in [6.07, 6.45) is 6.61. The van der Waals surface area contributed by atoms with Crippen LogP contribution in [0.3, 0.4) is 0 Å². The summed E-state index contributed by atoms with van der Waals surface area (Å²) in [5.74, 6) is -0.143. The van der Waals surface area contributed by atoms with Gasteiger partial charge in [0.1, 0.15) is 5.75 Å². The van der Waals surface area contributed by atoms with Crippen molar-refractivity contribution < 1.29 is 19.1 Å². The molecular formula is C20H29NO4. The number of methoxy groups -OCH3 is 2. The number of para-hydroxylation sites is 1.